The highest BCUT2D eigenvalue weighted by Crippen LogP contribution is 2.27. The predicted octanol–water partition coefficient (Wildman–Crippen LogP) is 3.09. The first kappa shape index (κ1) is 17.6. The van der Waals surface area contributed by atoms with E-state index in [1.807, 2.05) is 6.07 Å². The first-order chi connectivity index (χ1) is 12.6. The molecule has 0 aliphatic heterocycles. The van der Waals surface area contributed by atoms with Crippen molar-refractivity contribution in [3.8, 4) is 5.75 Å². The Morgan fingerprint density at radius 3 is 2.65 bits per heavy atom. The van der Waals surface area contributed by atoms with Gasteiger partial charge in [0.05, 0.1) is 29.4 Å². The lowest BCUT2D eigenvalue weighted by molar-refractivity contribution is -0.119. The van der Waals surface area contributed by atoms with Gasteiger partial charge in [-0.15, -0.1) is 0 Å². The van der Waals surface area contributed by atoms with Crippen LogP contribution in [0.2, 0.25) is 5.02 Å². The Kier molecular flexibility index (Phi) is 5.28. The first-order valence-electron chi connectivity index (χ1n) is 7.59. The van der Waals surface area contributed by atoms with Gasteiger partial charge < -0.3 is 14.8 Å². The zero-order valence-corrected chi connectivity index (χ0v) is 14.5. The summed E-state index contributed by atoms with van der Waals surface area (Å²) in [4.78, 5) is 32.3. The molecule has 0 saturated heterocycles. The van der Waals surface area contributed by atoms with Crippen LogP contribution in [-0.2, 0) is 9.53 Å². The monoisotopic (exact) mass is 371 g/mol. The van der Waals surface area contributed by atoms with Crippen LogP contribution >= 0.6 is 11.6 Å². The van der Waals surface area contributed by atoms with E-state index in [2.05, 4.69) is 15.3 Å². The van der Waals surface area contributed by atoms with Crippen molar-refractivity contribution in [2.75, 3.05) is 19.0 Å². The van der Waals surface area contributed by atoms with Crippen LogP contribution in [0.1, 0.15) is 10.5 Å². The van der Waals surface area contributed by atoms with Gasteiger partial charge in [0.15, 0.2) is 12.3 Å². The van der Waals surface area contributed by atoms with E-state index in [0.717, 1.165) is 0 Å². The molecule has 26 heavy (non-hydrogen) atoms. The molecule has 0 bridgehead atoms. The van der Waals surface area contributed by atoms with Crippen molar-refractivity contribution in [3.63, 3.8) is 0 Å². The van der Waals surface area contributed by atoms with Gasteiger partial charge in [0.2, 0.25) is 0 Å². The van der Waals surface area contributed by atoms with Crippen LogP contribution in [0.25, 0.3) is 11.0 Å². The molecule has 0 atom stereocenters. The van der Waals surface area contributed by atoms with Crippen LogP contribution in [0.15, 0.2) is 48.7 Å². The van der Waals surface area contributed by atoms with Gasteiger partial charge in [-0.25, -0.2) is 9.78 Å². The van der Waals surface area contributed by atoms with Gasteiger partial charge in [-0.1, -0.05) is 23.7 Å². The molecule has 8 heteroatoms. The fourth-order valence-corrected chi connectivity index (χ4v) is 2.46. The maximum absolute atomic E-state index is 12.0. The largest absolute Gasteiger partial charge is 0.495 e. The maximum Gasteiger partial charge on any atom is 0.359 e. The normalized spacial score (nSPS) is 10.4. The molecule has 0 aliphatic rings. The Balaban J connectivity index is 1.59. The van der Waals surface area contributed by atoms with Crippen LogP contribution in [-0.4, -0.2) is 35.6 Å². The van der Waals surface area contributed by atoms with Crippen molar-refractivity contribution < 1.29 is 19.1 Å². The molecule has 0 aliphatic carbocycles. The Bertz CT molecular complexity index is 978. The van der Waals surface area contributed by atoms with E-state index in [1.54, 1.807) is 30.3 Å². The summed E-state index contributed by atoms with van der Waals surface area (Å²) in [7, 11) is 1.49. The third-order valence-electron chi connectivity index (χ3n) is 3.43. The molecule has 0 unspecified atom stereocenters. The number of ether oxygens (including phenoxy) is 2. The highest BCUT2D eigenvalue weighted by molar-refractivity contribution is 6.32. The molecule has 3 rings (SSSR count). The molecular weight excluding hydrogens is 358 g/mol. The van der Waals surface area contributed by atoms with Gasteiger partial charge in [0, 0.05) is 5.69 Å². The molecule has 0 saturated carbocycles. The molecule has 132 valence electrons. The number of hydrogen-bond donors (Lipinski definition) is 1. The maximum atomic E-state index is 12.0. The fraction of sp³-hybridized carbons (Fsp3) is 0.111. The van der Waals surface area contributed by atoms with E-state index in [0.29, 0.717) is 27.5 Å². The summed E-state index contributed by atoms with van der Waals surface area (Å²) >= 11 is 5.99. The summed E-state index contributed by atoms with van der Waals surface area (Å²) in [5, 5.41) is 2.93. The number of para-hydroxylation sites is 2. The van der Waals surface area contributed by atoms with Gasteiger partial charge in [-0.3, -0.25) is 9.78 Å². The number of anilines is 1. The number of rotatable bonds is 5. The average molecular weight is 372 g/mol. The van der Waals surface area contributed by atoms with E-state index in [4.69, 9.17) is 21.1 Å². The summed E-state index contributed by atoms with van der Waals surface area (Å²) in [6, 6.07) is 11.9. The quantitative estimate of drug-likeness (QED) is 0.693. The van der Waals surface area contributed by atoms with E-state index < -0.39 is 18.5 Å². The van der Waals surface area contributed by atoms with Crippen LogP contribution < -0.4 is 10.1 Å². The van der Waals surface area contributed by atoms with Gasteiger partial charge >= 0.3 is 5.97 Å². The highest BCUT2D eigenvalue weighted by atomic mass is 35.5. The number of esters is 1. The second-order valence-electron chi connectivity index (χ2n) is 5.22. The number of fused-ring (bicyclic) bond motifs is 1. The van der Waals surface area contributed by atoms with Crippen molar-refractivity contribution in [1.82, 2.24) is 9.97 Å². The molecule has 1 N–H and O–H groups in total. The van der Waals surface area contributed by atoms with Crippen LogP contribution in [0.4, 0.5) is 5.69 Å². The predicted molar refractivity (Wildman–Crippen MR) is 96.5 cm³/mol. The number of halogens is 1. The zero-order chi connectivity index (χ0) is 18.5. The second kappa shape index (κ2) is 7.79. The fourth-order valence-electron chi connectivity index (χ4n) is 2.20. The smallest absolute Gasteiger partial charge is 0.359 e. The van der Waals surface area contributed by atoms with Gasteiger partial charge in [0.1, 0.15) is 5.75 Å². The molecule has 1 heterocycles. The molecule has 0 fully saturated rings. The first-order valence-corrected chi connectivity index (χ1v) is 7.97. The van der Waals surface area contributed by atoms with Gasteiger partial charge in [-0.2, -0.15) is 0 Å². The summed E-state index contributed by atoms with van der Waals surface area (Å²) in [6.45, 7) is -0.461. The van der Waals surface area contributed by atoms with E-state index >= 15 is 0 Å². The topological polar surface area (TPSA) is 90.4 Å². The van der Waals surface area contributed by atoms with Crippen LogP contribution in [0.5, 0.6) is 5.75 Å². The standard InChI is InChI=1S/C18H14ClN3O4/c1-25-16-7-6-11(8-12(16)19)21-17(23)10-26-18(24)15-9-20-13-4-2-3-5-14(13)22-15/h2-9H,10H2,1H3,(H,21,23). The number of nitrogens with one attached hydrogen (secondary N) is 1. The lowest BCUT2D eigenvalue weighted by atomic mass is 10.3. The molecule has 1 amide bonds. The van der Waals surface area contributed by atoms with Crippen molar-refractivity contribution in [1.29, 1.82) is 0 Å². The number of benzene rings is 2. The number of amides is 1. The summed E-state index contributed by atoms with van der Waals surface area (Å²) in [5.41, 5.74) is 1.73. The van der Waals surface area contributed by atoms with E-state index in [1.165, 1.54) is 19.4 Å². The van der Waals surface area contributed by atoms with Crippen molar-refractivity contribution in [2.45, 2.75) is 0 Å². The number of nitrogens with zero attached hydrogens (tertiary/aromatic N) is 2. The van der Waals surface area contributed by atoms with Gasteiger partial charge in [0.25, 0.3) is 5.91 Å². The summed E-state index contributed by atoms with van der Waals surface area (Å²) in [5.74, 6) is -0.745. The number of carbonyl (C=O) groups is 2. The number of hydrogen-bond acceptors (Lipinski definition) is 6. The lowest BCUT2D eigenvalue weighted by Crippen LogP contribution is -2.21. The van der Waals surface area contributed by atoms with E-state index in [9.17, 15) is 9.59 Å². The van der Waals surface area contributed by atoms with Crippen molar-refractivity contribution in [3.05, 3.63) is 59.4 Å². The van der Waals surface area contributed by atoms with E-state index in [-0.39, 0.29) is 5.69 Å². The lowest BCUT2D eigenvalue weighted by Gasteiger charge is -2.08. The molecule has 0 radical (unpaired) electrons. The molecule has 0 spiro atoms. The minimum absolute atomic E-state index is 0.0315. The third kappa shape index (κ3) is 4.07. The Morgan fingerprint density at radius 2 is 1.92 bits per heavy atom. The molecule has 3 aromatic rings. The second-order valence-corrected chi connectivity index (χ2v) is 5.62. The molecular formula is C18H14ClN3O4. The molecule has 7 nitrogen and oxygen atoms in total. The Hall–Kier alpha value is -3.19. The van der Waals surface area contributed by atoms with Crippen LogP contribution in [0.3, 0.4) is 0 Å². The minimum atomic E-state index is -0.730. The molecule has 2 aromatic carbocycles. The number of carbonyl (C=O) groups excluding carboxylic acids is 2. The average Bonchev–Trinajstić information content (AvgIpc) is 2.66. The molecule has 1 aromatic heterocycles. The Morgan fingerprint density at radius 1 is 1.15 bits per heavy atom. The number of methoxy groups -OCH3 is 1. The van der Waals surface area contributed by atoms with Crippen molar-refractivity contribution in [2.24, 2.45) is 0 Å². The number of aromatic nitrogens is 2. The SMILES string of the molecule is COc1ccc(NC(=O)COC(=O)c2cnc3ccccc3n2)cc1Cl. The minimum Gasteiger partial charge on any atom is -0.495 e. The van der Waals surface area contributed by atoms with Gasteiger partial charge in [-0.05, 0) is 30.3 Å². The highest BCUT2D eigenvalue weighted by Gasteiger charge is 2.13. The zero-order valence-electron chi connectivity index (χ0n) is 13.7. The van der Waals surface area contributed by atoms with Crippen LogP contribution in [0, 0.1) is 0 Å². The van der Waals surface area contributed by atoms with Crippen molar-refractivity contribution >= 4 is 40.2 Å². The third-order valence-corrected chi connectivity index (χ3v) is 3.72. The summed E-state index contributed by atoms with van der Waals surface area (Å²) < 4.78 is 10.0. The summed E-state index contributed by atoms with van der Waals surface area (Å²) in [6.07, 6.45) is 1.31. The Labute approximate surface area is 153 Å².